The van der Waals surface area contributed by atoms with Crippen molar-refractivity contribution in [1.29, 1.82) is 0 Å². The van der Waals surface area contributed by atoms with Crippen molar-refractivity contribution in [3.63, 3.8) is 0 Å². The van der Waals surface area contributed by atoms with Crippen LogP contribution in [0.5, 0.6) is 0 Å². The molecule has 0 fully saturated rings. The largest absolute Gasteiger partial charge is 0.355 e. The lowest BCUT2D eigenvalue weighted by molar-refractivity contribution is 0.0957. The van der Waals surface area contributed by atoms with Crippen molar-refractivity contribution in [3.8, 4) is 0 Å². The maximum atomic E-state index is 11.4. The fourth-order valence-electron chi connectivity index (χ4n) is 1.88. The van der Waals surface area contributed by atoms with Gasteiger partial charge in [-0.2, -0.15) is 11.3 Å². The lowest BCUT2D eigenvalue weighted by Crippen LogP contribution is -2.31. The Labute approximate surface area is 122 Å². The van der Waals surface area contributed by atoms with E-state index in [0.29, 0.717) is 11.7 Å². The van der Waals surface area contributed by atoms with Gasteiger partial charge in [0.1, 0.15) is 0 Å². The molecule has 1 atom stereocenters. The van der Waals surface area contributed by atoms with Gasteiger partial charge in [0, 0.05) is 20.1 Å². The van der Waals surface area contributed by atoms with E-state index in [4.69, 9.17) is 0 Å². The smallest absolute Gasteiger partial charge is 0.271 e. The number of hydrogen-bond donors (Lipinski definition) is 1. The number of carbonyl (C=O) groups is 1. The van der Waals surface area contributed by atoms with Crippen LogP contribution in [-0.2, 0) is 6.42 Å². The highest BCUT2D eigenvalue weighted by Crippen LogP contribution is 2.16. The molecule has 5 nitrogen and oxygen atoms in total. The van der Waals surface area contributed by atoms with Crippen molar-refractivity contribution in [2.45, 2.75) is 19.4 Å². The molecule has 0 radical (unpaired) electrons. The number of nitrogens with zero attached hydrogens (tertiary/aromatic N) is 3. The quantitative estimate of drug-likeness (QED) is 0.914. The summed E-state index contributed by atoms with van der Waals surface area (Å²) < 4.78 is 0. The minimum atomic E-state index is -0.224. The van der Waals surface area contributed by atoms with E-state index in [9.17, 15) is 4.79 Å². The van der Waals surface area contributed by atoms with E-state index in [2.05, 4.69) is 44.2 Å². The molecular formula is C14H18N4OS. The monoisotopic (exact) mass is 290 g/mol. The van der Waals surface area contributed by atoms with E-state index in [1.54, 1.807) is 24.5 Å². The average Bonchev–Trinajstić information content (AvgIpc) is 2.98. The minimum absolute atomic E-state index is 0.224. The Morgan fingerprint density at radius 3 is 2.75 bits per heavy atom. The second-order valence-corrected chi connectivity index (χ2v) is 5.43. The molecule has 106 valence electrons. The number of thiophene rings is 1. The lowest BCUT2D eigenvalue weighted by Gasteiger charge is -2.25. The molecule has 2 aromatic heterocycles. The van der Waals surface area contributed by atoms with E-state index >= 15 is 0 Å². The summed E-state index contributed by atoms with van der Waals surface area (Å²) >= 11 is 1.71. The number of hydrogen-bond acceptors (Lipinski definition) is 5. The summed E-state index contributed by atoms with van der Waals surface area (Å²) in [5.74, 6) is 0.540. The summed E-state index contributed by atoms with van der Waals surface area (Å²) in [5.41, 5.74) is 1.65. The molecule has 0 bridgehead atoms. The third kappa shape index (κ3) is 3.33. The molecule has 0 saturated heterocycles. The van der Waals surface area contributed by atoms with Gasteiger partial charge in [0.15, 0.2) is 11.5 Å². The van der Waals surface area contributed by atoms with Gasteiger partial charge in [0.25, 0.3) is 5.91 Å². The summed E-state index contributed by atoms with van der Waals surface area (Å²) in [6, 6.07) is 5.95. The maximum Gasteiger partial charge on any atom is 0.271 e. The predicted molar refractivity (Wildman–Crippen MR) is 81.3 cm³/mol. The zero-order valence-corrected chi connectivity index (χ0v) is 12.6. The van der Waals surface area contributed by atoms with Crippen molar-refractivity contribution in [2.75, 3.05) is 19.0 Å². The van der Waals surface area contributed by atoms with Gasteiger partial charge in [0.05, 0.1) is 0 Å². The van der Waals surface area contributed by atoms with Crippen molar-refractivity contribution in [2.24, 2.45) is 0 Å². The number of anilines is 1. The average molecular weight is 290 g/mol. The molecule has 0 aromatic carbocycles. The highest BCUT2D eigenvalue weighted by Gasteiger charge is 2.14. The van der Waals surface area contributed by atoms with Gasteiger partial charge in [-0.25, -0.2) is 0 Å². The Bertz CT molecular complexity index is 553. The Hall–Kier alpha value is -1.95. The molecule has 0 aliphatic carbocycles. The van der Waals surface area contributed by atoms with Crippen LogP contribution < -0.4 is 10.2 Å². The normalized spacial score (nSPS) is 11.9. The first-order chi connectivity index (χ1) is 9.61. The minimum Gasteiger partial charge on any atom is -0.355 e. The number of rotatable bonds is 5. The van der Waals surface area contributed by atoms with Gasteiger partial charge < -0.3 is 10.2 Å². The third-order valence-electron chi connectivity index (χ3n) is 3.24. The van der Waals surface area contributed by atoms with E-state index in [1.165, 1.54) is 5.56 Å². The number of likely N-dealkylation sites (N-methyl/N-ethyl adjacent to an activating group) is 1. The van der Waals surface area contributed by atoms with Gasteiger partial charge in [-0.3, -0.25) is 4.79 Å². The molecule has 6 heteroatoms. The Morgan fingerprint density at radius 1 is 1.40 bits per heavy atom. The summed E-state index contributed by atoms with van der Waals surface area (Å²) in [6.07, 6.45) is 0.957. The maximum absolute atomic E-state index is 11.4. The van der Waals surface area contributed by atoms with Crippen molar-refractivity contribution >= 4 is 23.1 Å². The Morgan fingerprint density at radius 2 is 2.20 bits per heavy atom. The number of amides is 1. The van der Waals surface area contributed by atoms with Crippen LogP contribution in [0.1, 0.15) is 23.0 Å². The molecule has 1 N–H and O–H groups in total. The zero-order valence-electron chi connectivity index (χ0n) is 11.8. The van der Waals surface area contributed by atoms with Gasteiger partial charge >= 0.3 is 0 Å². The van der Waals surface area contributed by atoms with E-state index < -0.39 is 0 Å². The standard InChI is InChI=1S/C14H18N4OS/c1-10(8-11-6-7-20-9-11)18(3)13-5-4-12(16-17-13)14(19)15-2/h4-7,9-10H,8H2,1-3H3,(H,15,19). The second-order valence-electron chi connectivity index (χ2n) is 4.65. The van der Waals surface area contributed by atoms with Crippen LogP contribution in [0, 0.1) is 0 Å². The molecule has 0 spiro atoms. The molecular weight excluding hydrogens is 272 g/mol. The fourth-order valence-corrected chi connectivity index (χ4v) is 2.56. The van der Waals surface area contributed by atoms with Crippen LogP contribution in [0.3, 0.4) is 0 Å². The number of carbonyl (C=O) groups excluding carboxylic acids is 1. The first-order valence-electron chi connectivity index (χ1n) is 6.41. The molecule has 2 rings (SSSR count). The van der Waals surface area contributed by atoms with Crippen molar-refractivity contribution in [1.82, 2.24) is 15.5 Å². The van der Waals surface area contributed by atoms with Crippen LogP contribution in [0.15, 0.2) is 29.0 Å². The highest BCUT2D eigenvalue weighted by atomic mass is 32.1. The molecule has 1 amide bonds. The van der Waals surface area contributed by atoms with Crippen molar-refractivity contribution in [3.05, 3.63) is 40.2 Å². The summed E-state index contributed by atoms with van der Waals surface area (Å²) in [5, 5.41) is 14.8. The first kappa shape index (κ1) is 14.5. The van der Waals surface area contributed by atoms with Crippen LogP contribution >= 0.6 is 11.3 Å². The van der Waals surface area contributed by atoms with E-state index in [0.717, 1.165) is 12.2 Å². The Kier molecular flexibility index (Phi) is 4.68. The summed E-state index contributed by atoms with van der Waals surface area (Å²) in [4.78, 5) is 13.5. The Balaban J connectivity index is 2.04. The summed E-state index contributed by atoms with van der Waals surface area (Å²) in [7, 11) is 3.56. The van der Waals surface area contributed by atoms with Crippen LogP contribution in [0.2, 0.25) is 0 Å². The van der Waals surface area contributed by atoms with Gasteiger partial charge in [-0.15, -0.1) is 10.2 Å². The van der Waals surface area contributed by atoms with E-state index in [-0.39, 0.29) is 5.91 Å². The number of nitrogens with one attached hydrogen (secondary N) is 1. The van der Waals surface area contributed by atoms with Crippen LogP contribution in [0.4, 0.5) is 5.82 Å². The topological polar surface area (TPSA) is 58.1 Å². The zero-order chi connectivity index (χ0) is 14.5. The third-order valence-corrected chi connectivity index (χ3v) is 3.98. The molecule has 0 saturated carbocycles. The summed E-state index contributed by atoms with van der Waals surface area (Å²) in [6.45, 7) is 2.14. The van der Waals surface area contributed by atoms with Crippen molar-refractivity contribution < 1.29 is 4.79 Å². The predicted octanol–water partition coefficient (Wildman–Crippen LogP) is 1.97. The molecule has 0 aliphatic rings. The lowest BCUT2D eigenvalue weighted by atomic mass is 10.1. The van der Waals surface area contributed by atoms with Gasteiger partial charge in [-0.1, -0.05) is 0 Å². The molecule has 2 heterocycles. The molecule has 20 heavy (non-hydrogen) atoms. The first-order valence-corrected chi connectivity index (χ1v) is 7.36. The highest BCUT2D eigenvalue weighted by molar-refractivity contribution is 7.07. The molecule has 2 aromatic rings. The SMILES string of the molecule is CNC(=O)c1ccc(N(C)C(C)Cc2ccsc2)nn1. The molecule has 1 unspecified atom stereocenters. The fraction of sp³-hybridized carbons (Fsp3) is 0.357. The van der Waals surface area contributed by atoms with Crippen LogP contribution in [-0.4, -0.2) is 36.2 Å². The van der Waals surface area contributed by atoms with E-state index in [1.807, 2.05) is 13.1 Å². The second kappa shape index (κ2) is 6.47. The van der Waals surface area contributed by atoms with Gasteiger partial charge in [-0.05, 0) is 47.9 Å². The number of aromatic nitrogens is 2. The van der Waals surface area contributed by atoms with Crippen LogP contribution in [0.25, 0.3) is 0 Å². The molecule has 0 aliphatic heterocycles. The van der Waals surface area contributed by atoms with Gasteiger partial charge in [0.2, 0.25) is 0 Å².